The molecule has 1 aromatic rings. The van der Waals surface area contributed by atoms with Gasteiger partial charge in [0.15, 0.2) is 0 Å². The highest BCUT2D eigenvalue weighted by Crippen LogP contribution is 2.62. The van der Waals surface area contributed by atoms with E-state index >= 15 is 0 Å². The van der Waals surface area contributed by atoms with Crippen LogP contribution in [0.5, 0.6) is 0 Å². The number of nitrogens with one attached hydrogen (secondary N) is 1. The molecule has 1 saturated heterocycles. The molecule has 1 spiro atoms. The van der Waals surface area contributed by atoms with Crippen LogP contribution in [-0.4, -0.2) is 26.2 Å². The Labute approximate surface area is 96.6 Å². The van der Waals surface area contributed by atoms with E-state index in [1.165, 1.54) is 25.1 Å². The number of rotatable bonds is 0. The van der Waals surface area contributed by atoms with E-state index < -0.39 is 0 Å². The van der Waals surface area contributed by atoms with Gasteiger partial charge in [0.05, 0.1) is 0 Å². The number of hydrogen-bond acceptors (Lipinski definition) is 2. The Balaban J connectivity index is 1.87. The second-order valence-corrected chi connectivity index (χ2v) is 5.71. The van der Waals surface area contributed by atoms with E-state index in [2.05, 4.69) is 41.5 Å². The van der Waals surface area contributed by atoms with Gasteiger partial charge in [-0.15, -0.1) is 0 Å². The van der Waals surface area contributed by atoms with Crippen LogP contribution in [0.1, 0.15) is 24.3 Å². The maximum absolute atomic E-state index is 3.63. The number of hydrogen-bond donors (Lipinski definition) is 1. The molecule has 0 bridgehead atoms. The topological polar surface area (TPSA) is 15.3 Å². The molecule has 4 rings (SSSR count). The van der Waals surface area contributed by atoms with E-state index in [0.717, 1.165) is 12.5 Å². The van der Waals surface area contributed by atoms with Gasteiger partial charge in [-0.2, -0.15) is 0 Å². The van der Waals surface area contributed by atoms with Crippen LogP contribution in [0.4, 0.5) is 5.69 Å². The third-order valence-electron chi connectivity index (χ3n) is 4.92. The molecule has 2 unspecified atom stereocenters. The van der Waals surface area contributed by atoms with E-state index in [-0.39, 0.29) is 0 Å². The lowest BCUT2D eigenvalue weighted by Crippen LogP contribution is -2.50. The molecule has 2 heterocycles. The van der Waals surface area contributed by atoms with Crippen LogP contribution in [0, 0.1) is 5.41 Å². The van der Waals surface area contributed by atoms with Crippen molar-refractivity contribution in [3.05, 3.63) is 29.8 Å². The van der Waals surface area contributed by atoms with Gasteiger partial charge in [-0.05, 0) is 29.9 Å². The molecule has 0 amide bonds. The van der Waals surface area contributed by atoms with Gasteiger partial charge in [0.2, 0.25) is 0 Å². The van der Waals surface area contributed by atoms with Crippen LogP contribution < -0.4 is 10.2 Å². The van der Waals surface area contributed by atoms with Crippen LogP contribution in [0.2, 0.25) is 0 Å². The van der Waals surface area contributed by atoms with Crippen LogP contribution in [0.15, 0.2) is 24.3 Å². The van der Waals surface area contributed by atoms with Gasteiger partial charge in [-0.25, -0.2) is 0 Å². The van der Waals surface area contributed by atoms with Crippen molar-refractivity contribution in [2.75, 3.05) is 25.0 Å². The fourth-order valence-corrected chi connectivity index (χ4v) is 3.90. The highest BCUT2D eigenvalue weighted by atomic mass is 15.2. The largest absolute Gasteiger partial charge is 0.369 e. The molecule has 2 aliphatic heterocycles. The number of para-hydroxylation sites is 1. The number of benzene rings is 1. The molecule has 3 aliphatic rings. The number of piperidine rings is 1. The number of nitrogens with zero attached hydrogens (tertiary/aromatic N) is 1. The zero-order chi connectivity index (χ0) is 10.8. The average molecular weight is 214 g/mol. The molecule has 1 aliphatic carbocycles. The zero-order valence-electron chi connectivity index (χ0n) is 9.74. The Morgan fingerprint density at radius 3 is 2.94 bits per heavy atom. The van der Waals surface area contributed by atoms with Gasteiger partial charge in [0.25, 0.3) is 0 Å². The number of anilines is 1. The number of likely N-dealkylation sites (N-methyl/N-ethyl adjacent to an activating group) is 1. The molecule has 2 fully saturated rings. The summed E-state index contributed by atoms with van der Waals surface area (Å²) in [5.74, 6) is 0.787. The van der Waals surface area contributed by atoms with Crippen molar-refractivity contribution in [3.63, 3.8) is 0 Å². The van der Waals surface area contributed by atoms with E-state index in [0.29, 0.717) is 11.5 Å². The summed E-state index contributed by atoms with van der Waals surface area (Å²) >= 11 is 0. The van der Waals surface area contributed by atoms with E-state index in [1.54, 1.807) is 5.56 Å². The monoisotopic (exact) mass is 214 g/mol. The van der Waals surface area contributed by atoms with Gasteiger partial charge in [-0.1, -0.05) is 18.2 Å². The minimum absolute atomic E-state index is 0.601. The minimum atomic E-state index is 0.601. The van der Waals surface area contributed by atoms with Gasteiger partial charge >= 0.3 is 0 Å². The van der Waals surface area contributed by atoms with E-state index in [9.17, 15) is 0 Å². The zero-order valence-corrected chi connectivity index (χ0v) is 9.74. The average Bonchev–Trinajstić information content (AvgIpc) is 3.01. The summed E-state index contributed by atoms with van der Waals surface area (Å²) < 4.78 is 0. The summed E-state index contributed by atoms with van der Waals surface area (Å²) in [4.78, 5) is 2.49. The Morgan fingerprint density at radius 1 is 1.31 bits per heavy atom. The quantitative estimate of drug-likeness (QED) is 0.710. The Morgan fingerprint density at radius 2 is 2.12 bits per heavy atom. The summed E-state index contributed by atoms with van der Waals surface area (Å²) in [6.45, 7) is 2.38. The van der Waals surface area contributed by atoms with Gasteiger partial charge in [-0.3, -0.25) is 0 Å². The smallest absolute Gasteiger partial charge is 0.0486 e. The van der Waals surface area contributed by atoms with Crippen molar-refractivity contribution in [2.24, 2.45) is 5.41 Å². The van der Waals surface area contributed by atoms with Crippen molar-refractivity contribution in [1.29, 1.82) is 0 Å². The molecule has 2 atom stereocenters. The second kappa shape index (κ2) is 2.80. The maximum atomic E-state index is 3.63. The molecule has 0 radical (unpaired) electrons. The Hall–Kier alpha value is -1.02. The first-order valence-electron chi connectivity index (χ1n) is 6.34. The fraction of sp³-hybridized carbons (Fsp3) is 0.571. The first kappa shape index (κ1) is 9.06. The predicted molar refractivity (Wildman–Crippen MR) is 65.9 cm³/mol. The van der Waals surface area contributed by atoms with Crippen molar-refractivity contribution in [2.45, 2.75) is 24.8 Å². The first-order chi connectivity index (χ1) is 7.82. The summed E-state index contributed by atoms with van der Waals surface area (Å²) in [5.41, 5.74) is 3.67. The van der Waals surface area contributed by atoms with Crippen LogP contribution in [-0.2, 0) is 0 Å². The Bertz CT molecular complexity index is 436. The van der Waals surface area contributed by atoms with Gasteiger partial charge in [0.1, 0.15) is 0 Å². The first-order valence-corrected chi connectivity index (χ1v) is 6.34. The maximum Gasteiger partial charge on any atom is 0.0486 e. The predicted octanol–water partition coefficient (Wildman–Crippen LogP) is 1.97. The lowest BCUT2D eigenvalue weighted by atomic mass is 9.77. The molecule has 2 nitrogen and oxygen atoms in total. The SMILES string of the molecule is CN1c2ccccc2C2C1CNCC21CC1. The summed E-state index contributed by atoms with van der Waals surface area (Å²) in [6, 6.07) is 9.69. The van der Waals surface area contributed by atoms with Crippen LogP contribution in [0.25, 0.3) is 0 Å². The Kier molecular flexibility index (Phi) is 1.59. The second-order valence-electron chi connectivity index (χ2n) is 5.71. The third-order valence-corrected chi connectivity index (χ3v) is 4.92. The summed E-state index contributed by atoms with van der Waals surface area (Å²) in [6.07, 6.45) is 2.84. The normalized spacial score (nSPS) is 33.7. The lowest BCUT2D eigenvalue weighted by Gasteiger charge is -2.38. The molecule has 84 valence electrons. The third kappa shape index (κ3) is 0.963. The molecule has 2 heteroatoms. The molecule has 16 heavy (non-hydrogen) atoms. The van der Waals surface area contributed by atoms with Gasteiger partial charge < -0.3 is 10.2 Å². The highest BCUT2D eigenvalue weighted by Gasteiger charge is 2.57. The van der Waals surface area contributed by atoms with Gasteiger partial charge in [0, 0.05) is 37.8 Å². The minimum Gasteiger partial charge on any atom is -0.369 e. The molecule has 1 aromatic carbocycles. The number of fused-ring (bicyclic) bond motifs is 4. The van der Waals surface area contributed by atoms with Crippen molar-refractivity contribution >= 4 is 5.69 Å². The van der Waals surface area contributed by atoms with E-state index in [1.807, 2.05) is 0 Å². The van der Waals surface area contributed by atoms with Crippen LogP contribution in [0.3, 0.4) is 0 Å². The van der Waals surface area contributed by atoms with Crippen molar-refractivity contribution in [1.82, 2.24) is 5.32 Å². The summed E-state index contributed by atoms with van der Waals surface area (Å²) in [5, 5.41) is 3.63. The fourth-order valence-electron chi connectivity index (χ4n) is 3.90. The molecule has 0 aromatic heterocycles. The van der Waals surface area contributed by atoms with Crippen molar-refractivity contribution in [3.8, 4) is 0 Å². The summed E-state index contributed by atoms with van der Waals surface area (Å²) in [7, 11) is 2.26. The molecule has 1 saturated carbocycles. The highest BCUT2D eigenvalue weighted by molar-refractivity contribution is 5.63. The van der Waals surface area contributed by atoms with Crippen LogP contribution >= 0.6 is 0 Å². The standard InChI is InChI=1S/C14H18N2/c1-16-11-5-3-2-4-10(11)13-12(16)8-15-9-14(13)6-7-14/h2-5,12-13,15H,6-9H2,1H3. The lowest BCUT2D eigenvalue weighted by molar-refractivity contribution is 0.280. The van der Waals surface area contributed by atoms with E-state index in [4.69, 9.17) is 0 Å². The molecular formula is C14H18N2. The molecular weight excluding hydrogens is 196 g/mol. The molecule has 1 N–H and O–H groups in total. The van der Waals surface area contributed by atoms with Crippen molar-refractivity contribution < 1.29 is 0 Å².